The van der Waals surface area contributed by atoms with Gasteiger partial charge in [0.2, 0.25) is 0 Å². The minimum atomic E-state index is 0.802. The first-order valence-electron chi connectivity index (χ1n) is 4.42. The number of nitrogens with zero attached hydrogens (tertiary/aromatic N) is 1. The summed E-state index contributed by atoms with van der Waals surface area (Å²) in [5.74, 6) is 0.902. The minimum Gasteiger partial charge on any atom is -0.381 e. The van der Waals surface area contributed by atoms with E-state index in [-0.39, 0.29) is 0 Å². The Bertz CT molecular complexity index is 237. The molecule has 0 atom stereocenters. The summed E-state index contributed by atoms with van der Waals surface area (Å²) in [5, 5.41) is 0. The molecule has 1 aromatic rings. The summed E-state index contributed by atoms with van der Waals surface area (Å²) in [6.07, 6.45) is 2.02. The first-order chi connectivity index (χ1) is 6.34. The van der Waals surface area contributed by atoms with Crippen LogP contribution < -0.4 is 0 Å². The Morgan fingerprint density at radius 1 is 1.54 bits per heavy atom. The van der Waals surface area contributed by atoms with Crippen LogP contribution in [-0.4, -0.2) is 24.0 Å². The lowest BCUT2D eigenvalue weighted by Crippen LogP contribution is -2.00. The largest absolute Gasteiger partial charge is 0.381 e. The average molecular weight is 217 g/mol. The maximum Gasteiger partial charge on any atom is 0.0797 e. The van der Waals surface area contributed by atoms with E-state index in [0.717, 1.165) is 37.5 Å². The van der Waals surface area contributed by atoms with Crippen molar-refractivity contribution in [2.75, 3.05) is 19.0 Å². The van der Waals surface area contributed by atoms with Gasteiger partial charge in [0.15, 0.2) is 0 Å². The molecule has 0 fully saturated rings. The monoisotopic (exact) mass is 217 g/mol. The zero-order valence-electron chi connectivity index (χ0n) is 7.82. The van der Waals surface area contributed by atoms with Crippen molar-refractivity contribution in [3.05, 3.63) is 16.1 Å². The quantitative estimate of drug-likeness (QED) is 0.583. The second-order valence-electron chi connectivity index (χ2n) is 2.80. The number of thiazole rings is 1. The molecule has 0 amide bonds. The summed E-state index contributed by atoms with van der Waals surface area (Å²) in [5.41, 5.74) is 3.03. The van der Waals surface area contributed by atoms with Gasteiger partial charge in [-0.1, -0.05) is 0 Å². The van der Waals surface area contributed by atoms with E-state index in [1.165, 1.54) is 4.88 Å². The Hall–Kier alpha value is -0.0600. The fraction of sp³-hybridized carbons (Fsp3) is 0.667. The highest BCUT2D eigenvalue weighted by molar-refractivity contribution is 7.80. The molecule has 0 N–H and O–H groups in total. The van der Waals surface area contributed by atoms with Crippen molar-refractivity contribution >= 4 is 24.0 Å². The second kappa shape index (κ2) is 6.40. The lowest BCUT2D eigenvalue weighted by atomic mass is 10.3. The lowest BCUT2D eigenvalue weighted by Gasteiger charge is -2.01. The number of rotatable bonds is 6. The molecular weight excluding hydrogens is 202 g/mol. The molecule has 0 radical (unpaired) electrons. The van der Waals surface area contributed by atoms with Gasteiger partial charge < -0.3 is 4.74 Å². The summed E-state index contributed by atoms with van der Waals surface area (Å²) < 4.78 is 5.43. The molecule has 0 aromatic carbocycles. The van der Waals surface area contributed by atoms with Crippen LogP contribution in [0.4, 0.5) is 0 Å². The average Bonchev–Trinajstić information content (AvgIpc) is 2.52. The molecular formula is C9H15NOS2. The van der Waals surface area contributed by atoms with Gasteiger partial charge in [-0.05, 0) is 19.1 Å². The van der Waals surface area contributed by atoms with Crippen molar-refractivity contribution in [2.24, 2.45) is 0 Å². The van der Waals surface area contributed by atoms with Crippen molar-refractivity contribution in [3.63, 3.8) is 0 Å². The van der Waals surface area contributed by atoms with Crippen LogP contribution in [0.25, 0.3) is 0 Å². The van der Waals surface area contributed by atoms with Crippen LogP contribution in [0.2, 0.25) is 0 Å². The molecule has 0 unspecified atom stereocenters. The van der Waals surface area contributed by atoms with E-state index in [9.17, 15) is 0 Å². The van der Waals surface area contributed by atoms with E-state index < -0.39 is 0 Å². The smallest absolute Gasteiger partial charge is 0.0797 e. The third-order valence-corrected chi connectivity index (χ3v) is 3.08. The molecule has 0 saturated heterocycles. The van der Waals surface area contributed by atoms with Gasteiger partial charge in [-0.15, -0.1) is 11.3 Å². The number of thiol groups is 1. The summed E-state index contributed by atoms with van der Waals surface area (Å²) >= 11 is 5.82. The van der Waals surface area contributed by atoms with E-state index >= 15 is 0 Å². The predicted molar refractivity (Wildman–Crippen MR) is 59.8 cm³/mol. The van der Waals surface area contributed by atoms with Gasteiger partial charge in [0.25, 0.3) is 0 Å². The molecule has 1 heterocycles. The van der Waals surface area contributed by atoms with E-state index in [1.54, 1.807) is 11.3 Å². The summed E-state index contributed by atoms with van der Waals surface area (Å²) in [7, 11) is 0. The van der Waals surface area contributed by atoms with Crippen LogP contribution in [0.5, 0.6) is 0 Å². The van der Waals surface area contributed by atoms with E-state index in [4.69, 9.17) is 4.74 Å². The van der Waals surface area contributed by atoms with Gasteiger partial charge in [0.1, 0.15) is 0 Å². The fourth-order valence-corrected chi connectivity index (χ4v) is 1.89. The van der Waals surface area contributed by atoms with Crippen LogP contribution in [0.3, 0.4) is 0 Å². The number of aryl methyl sites for hydroxylation is 1. The summed E-state index contributed by atoms with van der Waals surface area (Å²) in [4.78, 5) is 5.52. The van der Waals surface area contributed by atoms with Gasteiger partial charge in [0, 0.05) is 17.9 Å². The highest BCUT2D eigenvalue weighted by Gasteiger charge is 2.00. The van der Waals surface area contributed by atoms with E-state index in [0.29, 0.717) is 0 Å². The summed E-state index contributed by atoms with van der Waals surface area (Å²) in [6.45, 7) is 3.66. The van der Waals surface area contributed by atoms with E-state index in [1.807, 2.05) is 12.4 Å². The molecule has 0 bridgehead atoms. The van der Waals surface area contributed by atoms with Crippen LogP contribution in [-0.2, 0) is 11.2 Å². The van der Waals surface area contributed by atoms with Gasteiger partial charge in [-0.3, -0.25) is 0 Å². The molecule has 0 aliphatic rings. The summed E-state index contributed by atoms with van der Waals surface area (Å²) in [6, 6.07) is 0. The molecule has 4 heteroatoms. The Kier molecular flexibility index (Phi) is 5.43. The Morgan fingerprint density at radius 2 is 2.38 bits per heavy atom. The SMILES string of the molecule is Cc1ncsc1CCOCCCS. The fourth-order valence-electron chi connectivity index (χ4n) is 1.000. The maximum atomic E-state index is 5.43. The standard InChI is InChI=1S/C9H15NOS2/c1-8-9(13-7-10-8)3-5-11-4-2-6-12/h7,12H,2-6H2,1H3. The Morgan fingerprint density at radius 3 is 3.00 bits per heavy atom. The van der Waals surface area contributed by atoms with Gasteiger partial charge in [-0.25, -0.2) is 4.98 Å². The highest BCUT2D eigenvalue weighted by atomic mass is 32.1. The maximum absolute atomic E-state index is 5.43. The predicted octanol–water partition coefficient (Wildman–Crippen LogP) is 2.33. The van der Waals surface area contributed by atoms with Crippen molar-refractivity contribution in [2.45, 2.75) is 19.8 Å². The third-order valence-electron chi connectivity index (χ3n) is 1.77. The Balaban J connectivity index is 2.10. The number of aromatic nitrogens is 1. The molecule has 1 rings (SSSR count). The molecule has 0 spiro atoms. The highest BCUT2D eigenvalue weighted by Crippen LogP contribution is 2.12. The number of hydrogen-bond acceptors (Lipinski definition) is 4. The Labute approximate surface area is 88.7 Å². The van der Waals surface area contributed by atoms with Crippen LogP contribution in [0.15, 0.2) is 5.51 Å². The molecule has 13 heavy (non-hydrogen) atoms. The first kappa shape index (κ1) is 11.0. The second-order valence-corrected chi connectivity index (χ2v) is 4.19. The van der Waals surface area contributed by atoms with Gasteiger partial charge in [0.05, 0.1) is 17.8 Å². The van der Waals surface area contributed by atoms with Crippen LogP contribution in [0.1, 0.15) is 17.0 Å². The van der Waals surface area contributed by atoms with E-state index in [2.05, 4.69) is 17.6 Å². The molecule has 1 aromatic heterocycles. The van der Waals surface area contributed by atoms with Gasteiger partial charge >= 0.3 is 0 Å². The minimum absolute atomic E-state index is 0.802. The normalized spacial score (nSPS) is 10.6. The molecule has 0 aliphatic carbocycles. The van der Waals surface area contributed by atoms with Crippen molar-refractivity contribution in [3.8, 4) is 0 Å². The topological polar surface area (TPSA) is 22.1 Å². The van der Waals surface area contributed by atoms with Crippen LogP contribution in [0, 0.1) is 6.92 Å². The van der Waals surface area contributed by atoms with Crippen LogP contribution >= 0.6 is 24.0 Å². The zero-order valence-corrected chi connectivity index (χ0v) is 9.53. The number of ether oxygens (including phenoxy) is 1. The zero-order chi connectivity index (χ0) is 9.52. The van der Waals surface area contributed by atoms with Crippen molar-refractivity contribution in [1.82, 2.24) is 4.98 Å². The van der Waals surface area contributed by atoms with Crippen molar-refractivity contribution in [1.29, 1.82) is 0 Å². The molecule has 0 saturated carbocycles. The number of hydrogen-bond donors (Lipinski definition) is 1. The first-order valence-corrected chi connectivity index (χ1v) is 5.93. The lowest BCUT2D eigenvalue weighted by molar-refractivity contribution is 0.139. The van der Waals surface area contributed by atoms with Gasteiger partial charge in [-0.2, -0.15) is 12.6 Å². The third kappa shape index (κ3) is 4.11. The molecule has 0 aliphatic heterocycles. The van der Waals surface area contributed by atoms with Crippen molar-refractivity contribution < 1.29 is 4.74 Å². The molecule has 74 valence electrons. The molecule has 2 nitrogen and oxygen atoms in total.